The number of carbonyl (C=O) groups is 2. The molecule has 1 radical (unpaired) electrons. The van der Waals surface area contributed by atoms with Crippen LogP contribution in [0.25, 0.3) is 0 Å². The SMILES string of the molecule is NC(=O)C1c2cc[c]cc2CCN1C(=O)C1CCCCC1. The molecule has 1 aliphatic carbocycles. The maximum atomic E-state index is 12.8. The van der Waals surface area contributed by atoms with Crippen LogP contribution in [-0.2, 0) is 16.0 Å². The molecule has 1 fully saturated rings. The van der Waals surface area contributed by atoms with E-state index in [0.29, 0.717) is 6.54 Å². The van der Waals surface area contributed by atoms with E-state index in [0.717, 1.165) is 43.2 Å². The summed E-state index contributed by atoms with van der Waals surface area (Å²) in [4.78, 5) is 26.4. The van der Waals surface area contributed by atoms with Gasteiger partial charge >= 0.3 is 0 Å². The minimum Gasteiger partial charge on any atom is -0.368 e. The number of nitrogens with two attached hydrogens (primary N) is 1. The fraction of sp³-hybridized carbons (Fsp3) is 0.529. The van der Waals surface area contributed by atoms with Gasteiger partial charge in [-0.15, -0.1) is 0 Å². The van der Waals surface area contributed by atoms with E-state index in [-0.39, 0.29) is 11.8 Å². The van der Waals surface area contributed by atoms with E-state index in [9.17, 15) is 9.59 Å². The van der Waals surface area contributed by atoms with Crippen molar-refractivity contribution in [3.63, 3.8) is 0 Å². The van der Waals surface area contributed by atoms with Crippen LogP contribution in [-0.4, -0.2) is 23.3 Å². The number of fused-ring (bicyclic) bond motifs is 1. The van der Waals surface area contributed by atoms with Gasteiger partial charge in [-0.3, -0.25) is 9.59 Å². The van der Waals surface area contributed by atoms with Crippen LogP contribution in [0, 0.1) is 12.0 Å². The van der Waals surface area contributed by atoms with E-state index in [4.69, 9.17) is 5.73 Å². The smallest absolute Gasteiger partial charge is 0.244 e. The third-order valence-electron chi connectivity index (χ3n) is 4.72. The molecule has 4 heteroatoms. The molecule has 0 aromatic heterocycles. The highest BCUT2D eigenvalue weighted by atomic mass is 16.2. The summed E-state index contributed by atoms with van der Waals surface area (Å²) in [5.41, 5.74) is 7.55. The third-order valence-corrected chi connectivity index (χ3v) is 4.72. The summed E-state index contributed by atoms with van der Waals surface area (Å²) in [6.45, 7) is 0.577. The van der Waals surface area contributed by atoms with Gasteiger partial charge in [-0.25, -0.2) is 0 Å². The number of rotatable bonds is 2. The number of benzene rings is 1. The van der Waals surface area contributed by atoms with Crippen molar-refractivity contribution in [3.05, 3.63) is 35.4 Å². The first kappa shape index (κ1) is 14.1. The van der Waals surface area contributed by atoms with Crippen LogP contribution < -0.4 is 5.73 Å². The largest absolute Gasteiger partial charge is 0.368 e. The highest BCUT2D eigenvalue weighted by Crippen LogP contribution is 2.33. The second kappa shape index (κ2) is 5.88. The molecule has 2 N–H and O–H groups in total. The third kappa shape index (κ3) is 2.67. The predicted octanol–water partition coefficient (Wildman–Crippen LogP) is 1.98. The number of carbonyl (C=O) groups excluding carboxylic acids is 2. The van der Waals surface area contributed by atoms with Crippen LogP contribution >= 0.6 is 0 Å². The normalized spacial score (nSPS) is 22.7. The Labute approximate surface area is 125 Å². The molecule has 1 aromatic carbocycles. The Morgan fingerprint density at radius 1 is 1.24 bits per heavy atom. The maximum Gasteiger partial charge on any atom is 0.244 e. The zero-order chi connectivity index (χ0) is 14.8. The van der Waals surface area contributed by atoms with E-state index in [1.165, 1.54) is 6.42 Å². The van der Waals surface area contributed by atoms with Gasteiger partial charge in [0, 0.05) is 12.5 Å². The Morgan fingerprint density at radius 3 is 2.71 bits per heavy atom. The minimum atomic E-state index is -0.613. The Bertz CT molecular complexity index is 549. The van der Waals surface area contributed by atoms with Crippen LogP contribution in [0.2, 0.25) is 0 Å². The summed E-state index contributed by atoms with van der Waals surface area (Å²) >= 11 is 0. The molecule has 0 saturated heterocycles. The molecule has 1 atom stereocenters. The number of primary amides is 1. The second-order valence-corrected chi connectivity index (χ2v) is 6.05. The summed E-state index contributed by atoms with van der Waals surface area (Å²) in [7, 11) is 0. The minimum absolute atomic E-state index is 0.0671. The summed E-state index contributed by atoms with van der Waals surface area (Å²) in [5.74, 6) is -0.263. The summed E-state index contributed by atoms with van der Waals surface area (Å²) < 4.78 is 0. The fourth-order valence-electron chi connectivity index (χ4n) is 3.63. The Morgan fingerprint density at radius 2 is 2.00 bits per heavy atom. The van der Waals surface area contributed by atoms with Gasteiger partial charge in [0.05, 0.1) is 0 Å². The first-order valence-electron chi connectivity index (χ1n) is 7.77. The van der Waals surface area contributed by atoms with Gasteiger partial charge in [0.25, 0.3) is 0 Å². The van der Waals surface area contributed by atoms with Crippen molar-refractivity contribution in [1.82, 2.24) is 4.90 Å². The van der Waals surface area contributed by atoms with Gasteiger partial charge < -0.3 is 10.6 Å². The quantitative estimate of drug-likeness (QED) is 0.903. The summed E-state index contributed by atoms with van der Waals surface area (Å²) in [5, 5.41) is 0. The average Bonchev–Trinajstić information content (AvgIpc) is 2.53. The van der Waals surface area contributed by atoms with Crippen LogP contribution in [0.1, 0.15) is 49.3 Å². The lowest BCUT2D eigenvalue weighted by molar-refractivity contribution is -0.144. The van der Waals surface area contributed by atoms with Crippen molar-refractivity contribution in [2.45, 2.75) is 44.6 Å². The van der Waals surface area contributed by atoms with Crippen LogP contribution in [0.3, 0.4) is 0 Å². The first-order valence-corrected chi connectivity index (χ1v) is 7.77. The zero-order valence-corrected chi connectivity index (χ0v) is 12.2. The van der Waals surface area contributed by atoms with E-state index < -0.39 is 11.9 Å². The van der Waals surface area contributed by atoms with E-state index in [1.54, 1.807) is 11.0 Å². The van der Waals surface area contributed by atoms with Gasteiger partial charge in [0.2, 0.25) is 11.8 Å². The molecule has 111 valence electrons. The van der Waals surface area contributed by atoms with Crippen molar-refractivity contribution >= 4 is 11.8 Å². The van der Waals surface area contributed by atoms with Crippen LogP contribution in [0.4, 0.5) is 0 Å². The van der Waals surface area contributed by atoms with Crippen molar-refractivity contribution in [2.24, 2.45) is 11.7 Å². The molecule has 3 rings (SSSR count). The van der Waals surface area contributed by atoms with Gasteiger partial charge in [-0.1, -0.05) is 37.5 Å². The molecule has 0 bridgehead atoms. The maximum absolute atomic E-state index is 12.8. The molecule has 1 heterocycles. The first-order chi connectivity index (χ1) is 10.2. The van der Waals surface area contributed by atoms with Crippen molar-refractivity contribution in [1.29, 1.82) is 0 Å². The molecule has 2 amide bonds. The number of hydrogen-bond acceptors (Lipinski definition) is 2. The van der Waals surface area contributed by atoms with Gasteiger partial charge in [0.15, 0.2) is 0 Å². The molecule has 1 aliphatic heterocycles. The van der Waals surface area contributed by atoms with E-state index in [2.05, 4.69) is 6.07 Å². The molecule has 0 spiro atoms. The molecule has 21 heavy (non-hydrogen) atoms. The highest BCUT2D eigenvalue weighted by molar-refractivity contribution is 5.89. The van der Waals surface area contributed by atoms with E-state index >= 15 is 0 Å². The van der Waals surface area contributed by atoms with Crippen molar-refractivity contribution in [3.8, 4) is 0 Å². The molecular formula is C17H21N2O2. The van der Waals surface area contributed by atoms with Gasteiger partial charge in [-0.05, 0) is 36.5 Å². The van der Waals surface area contributed by atoms with Gasteiger partial charge in [0.1, 0.15) is 6.04 Å². The lowest BCUT2D eigenvalue weighted by atomic mass is 9.85. The van der Waals surface area contributed by atoms with E-state index in [1.807, 2.05) is 12.1 Å². The topological polar surface area (TPSA) is 63.4 Å². The monoisotopic (exact) mass is 285 g/mol. The Kier molecular flexibility index (Phi) is 3.95. The van der Waals surface area contributed by atoms with Crippen molar-refractivity contribution in [2.75, 3.05) is 6.54 Å². The zero-order valence-electron chi connectivity index (χ0n) is 12.2. The molecule has 1 aromatic rings. The lowest BCUT2D eigenvalue weighted by Gasteiger charge is -2.38. The van der Waals surface area contributed by atoms with Crippen LogP contribution in [0.5, 0.6) is 0 Å². The predicted molar refractivity (Wildman–Crippen MR) is 79.2 cm³/mol. The van der Waals surface area contributed by atoms with Crippen molar-refractivity contribution < 1.29 is 9.59 Å². The standard InChI is InChI=1S/C17H21N2O2/c18-16(20)15-14-9-5-4-6-12(14)10-11-19(15)17(21)13-7-2-1-3-8-13/h5-6,9,13,15H,1-3,7-8,10-11H2,(H2,18,20). The lowest BCUT2D eigenvalue weighted by Crippen LogP contribution is -2.48. The Hall–Kier alpha value is -1.84. The molecule has 1 unspecified atom stereocenters. The fourth-order valence-corrected chi connectivity index (χ4v) is 3.63. The number of hydrogen-bond donors (Lipinski definition) is 1. The van der Waals surface area contributed by atoms with Gasteiger partial charge in [-0.2, -0.15) is 0 Å². The average molecular weight is 285 g/mol. The summed E-state index contributed by atoms with van der Waals surface area (Å²) in [6, 6.07) is 7.96. The highest BCUT2D eigenvalue weighted by Gasteiger charge is 2.37. The van der Waals surface area contributed by atoms with Crippen LogP contribution in [0.15, 0.2) is 18.2 Å². The molecule has 1 saturated carbocycles. The Balaban J connectivity index is 1.88. The molecule has 2 aliphatic rings. The summed E-state index contributed by atoms with van der Waals surface area (Å²) in [6.07, 6.45) is 6.08. The molecule has 4 nitrogen and oxygen atoms in total. The number of amides is 2. The molecular weight excluding hydrogens is 264 g/mol. The number of nitrogens with zero attached hydrogens (tertiary/aromatic N) is 1. The second-order valence-electron chi connectivity index (χ2n) is 6.05.